The van der Waals surface area contributed by atoms with Gasteiger partial charge in [0.15, 0.2) is 0 Å². The summed E-state index contributed by atoms with van der Waals surface area (Å²) in [5.41, 5.74) is -0.0871. The van der Waals surface area contributed by atoms with E-state index in [9.17, 15) is 9.59 Å². The van der Waals surface area contributed by atoms with Gasteiger partial charge in [0.25, 0.3) is 0 Å². The van der Waals surface area contributed by atoms with Crippen LogP contribution in [-0.4, -0.2) is 54.6 Å². The Balaban J connectivity index is 2.59. The van der Waals surface area contributed by atoms with Crippen LogP contribution < -0.4 is 16.0 Å². The Morgan fingerprint density at radius 1 is 1.44 bits per heavy atom. The molecule has 1 saturated heterocycles. The molecule has 1 atom stereocenters. The summed E-state index contributed by atoms with van der Waals surface area (Å²) in [6.07, 6.45) is 0. The molecule has 0 radical (unpaired) electrons. The second-order valence-electron chi connectivity index (χ2n) is 5.21. The number of nitrogens with zero attached hydrogens (tertiary/aromatic N) is 1. The zero-order chi connectivity index (χ0) is 13.8. The zero-order valence-corrected chi connectivity index (χ0v) is 11.7. The minimum atomic E-state index is -0.428. The van der Waals surface area contributed by atoms with E-state index in [1.165, 1.54) is 0 Å². The van der Waals surface area contributed by atoms with Gasteiger partial charge in [-0.25, -0.2) is 4.79 Å². The minimum absolute atomic E-state index is 0.0871. The van der Waals surface area contributed by atoms with Gasteiger partial charge >= 0.3 is 6.03 Å². The lowest BCUT2D eigenvalue weighted by molar-refractivity contribution is -0.127. The lowest BCUT2D eigenvalue weighted by Crippen LogP contribution is -2.63. The Morgan fingerprint density at radius 2 is 2.11 bits per heavy atom. The third kappa shape index (κ3) is 3.68. The second-order valence-corrected chi connectivity index (χ2v) is 5.21. The average Bonchev–Trinajstić information content (AvgIpc) is 2.27. The molecule has 1 aliphatic rings. The van der Waals surface area contributed by atoms with Gasteiger partial charge in [0.05, 0.1) is 6.04 Å². The van der Waals surface area contributed by atoms with Crippen LogP contribution in [0.1, 0.15) is 27.7 Å². The third-order valence-corrected chi connectivity index (χ3v) is 3.29. The largest absolute Gasteiger partial charge is 0.338 e. The number of carbonyl (C=O) groups excluding carboxylic acids is 2. The molecule has 1 fully saturated rings. The van der Waals surface area contributed by atoms with E-state index < -0.39 is 6.03 Å². The Morgan fingerprint density at radius 3 is 2.67 bits per heavy atom. The van der Waals surface area contributed by atoms with Crippen LogP contribution >= 0.6 is 0 Å². The molecule has 18 heavy (non-hydrogen) atoms. The number of carbonyl (C=O) groups is 2. The monoisotopic (exact) mass is 256 g/mol. The first kappa shape index (κ1) is 14.9. The van der Waals surface area contributed by atoms with Gasteiger partial charge < -0.3 is 10.6 Å². The van der Waals surface area contributed by atoms with Crippen molar-refractivity contribution < 1.29 is 9.59 Å². The van der Waals surface area contributed by atoms with Crippen molar-refractivity contribution in [3.8, 4) is 0 Å². The topological polar surface area (TPSA) is 73.5 Å². The first-order valence-corrected chi connectivity index (χ1v) is 6.44. The molecular formula is C12H24N4O2. The van der Waals surface area contributed by atoms with Crippen LogP contribution in [0.5, 0.6) is 0 Å². The maximum Gasteiger partial charge on any atom is 0.321 e. The average molecular weight is 256 g/mol. The van der Waals surface area contributed by atoms with Crippen molar-refractivity contribution in [1.82, 2.24) is 20.9 Å². The van der Waals surface area contributed by atoms with E-state index in [-0.39, 0.29) is 17.5 Å². The smallest absolute Gasteiger partial charge is 0.321 e. The number of imide groups is 1. The van der Waals surface area contributed by atoms with Gasteiger partial charge in [-0.3, -0.25) is 15.0 Å². The fraction of sp³-hybridized carbons (Fsp3) is 0.833. The van der Waals surface area contributed by atoms with Crippen molar-refractivity contribution in [3.05, 3.63) is 0 Å². The van der Waals surface area contributed by atoms with Gasteiger partial charge in [0, 0.05) is 31.7 Å². The molecular weight excluding hydrogens is 232 g/mol. The van der Waals surface area contributed by atoms with Gasteiger partial charge in [-0.2, -0.15) is 0 Å². The summed E-state index contributed by atoms with van der Waals surface area (Å²) in [6.45, 7) is 10.8. The number of nitrogens with one attached hydrogen (secondary N) is 3. The Kier molecular flexibility index (Phi) is 5.10. The van der Waals surface area contributed by atoms with Gasteiger partial charge in [-0.05, 0) is 27.7 Å². The molecule has 0 aromatic rings. The van der Waals surface area contributed by atoms with Gasteiger partial charge in [0.1, 0.15) is 0 Å². The normalized spacial score (nSPS) is 21.1. The van der Waals surface area contributed by atoms with E-state index in [4.69, 9.17) is 0 Å². The van der Waals surface area contributed by atoms with E-state index in [1.54, 1.807) is 0 Å². The van der Waals surface area contributed by atoms with Gasteiger partial charge in [-0.1, -0.05) is 0 Å². The molecule has 0 aliphatic carbocycles. The summed E-state index contributed by atoms with van der Waals surface area (Å²) in [6, 6.07) is -0.744. The Labute approximate surface area is 108 Å². The van der Waals surface area contributed by atoms with Gasteiger partial charge in [0.2, 0.25) is 5.91 Å². The first-order chi connectivity index (χ1) is 8.38. The highest BCUT2D eigenvalue weighted by molar-refractivity contribution is 5.96. The molecule has 0 spiro atoms. The van der Waals surface area contributed by atoms with Crippen molar-refractivity contribution in [1.29, 1.82) is 0 Å². The zero-order valence-electron chi connectivity index (χ0n) is 11.7. The molecule has 1 aliphatic heterocycles. The molecule has 0 aromatic heterocycles. The van der Waals surface area contributed by atoms with Crippen LogP contribution in [0.4, 0.5) is 4.79 Å². The van der Waals surface area contributed by atoms with Crippen LogP contribution in [0.15, 0.2) is 0 Å². The number of hydrogen-bond acceptors (Lipinski definition) is 4. The summed E-state index contributed by atoms with van der Waals surface area (Å²) >= 11 is 0. The summed E-state index contributed by atoms with van der Waals surface area (Å²) in [5.74, 6) is -0.254. The fourth-order valence-electron chi connectivity index (χ4n) is 2.28. The van der Waals surface area contributed by atoms with Crippen LogP contribution in [0.3, 0.4) is 0 Å². The van der Waals surface area contributed by atoms with E-state index in [0.29, 0.717) is 6.54 Å². The maximum atomic E-state index is 12.0. The Hall–Kier alpha value is -1.14. The van der Waals surface area contributed by atoms with E-state index in [2.05, 4.69) is 34.7 Å². The van der Waals surface area contributed by atoms with Crippen LogP contribution in [-0.2, 0) is 4.79 Å². The van der Waals surface area contributed by atoms with Gasteiger partial charge in [-0.15, -0.1) is 0 Å². The predicted octanol–water partition coefficient (Wildman–Crippen LogP) is -0.0956. The molecule has 3 N–H and O–H groups in total. The van der Waals surface area contributed by atoms with Crippen LogP contribution in [0.2, 0.25) is 0 Å². The van der Waals surface area contributed by atoms with Crippen LogP contribution in [0.25, 0.3) is 0 Å². The number of urea groups is 1. The summed E-state index contributed by atoms with van der Waals surface area (Å²) in [7, 11) is 0. The summed E-state index contributed by atoms with van der Waals surface area (Å²) < 4.78 is 0. The van der Waals surface area contributed by atoms with E-state index >= 15 is 0 Å². The third-order valence-electron chi connectivity index (χ3n) is 3.29. The molecule has 1 rings (SSSR count). The highest BCUT2D eigenvalue weighted by Crippen LogP contribution is 2.19. The lowest BCUT2D eigenvalue weighted by atomic mass is 9.97. The molecule has 6 nitrogen and oxygen atoms in total. The quantitative estimate of drug-likeness (QED) is 0.659. The van der Waals surface area contributed by atoms with Crippen molar-refractivity contribution >= 4 is 11.9 Å². The molecule has 0 saturated carbocycles. The fourth-order valence-corrected chi connectivity index (χ4v) is 2.28. The molecule has 3 amide bonds. The Bertz CT molecular complexity index is 317. The minimum Gasteiger partial charge on any atom is -0.338 e. The molecule has 0 aromatic carbocycles. The van der Waals surface area contributed by atoms with E-state index in [1.807, 2.05) is 13.8 Å². The number of hydrogen-bond donors (Lipinski definition) is 3. The first-order valence-electron chi connectivity index (χ1n) is 6.44. The summed E-state index contributed by atoms with van der Waals surface area (Å²) in [5, 5.41) is 8.23. The number of amides is 3. The molecule has 6 heteroatoms. The van der Waals surface area contributed by atoms with Crippen molar-refractivity contribution in [2.45, 2.75) is 39.3 Å². The molecule has 1 heterocycles. The lowest BCUT2D eigenvalue weighted by Gasteiger charge is -2.45. The number of piperazine rings is 1. The van der Waals surface area contributed by atoms with Crippen molar-refractivity contribution in [2.75, 3.05) is 26.2 Å². The maximum absolute atomic E-state index is 12.0. The van der Waals surface area contributed by atoms with E-state index in [0.717, 1.165) is 19.6 Å². The van der Waals surface area contributed by atoms with Crippen molar-refractivity contribution in [3.63, 3.8) is 0 Å². The molecule has 0 bridgehead atoms. The second kappa shape index (κ2) is 6.15. The molecule has 104 valence electrons. The highest BCUT2D eigenvalue weighted by Gasteiger charge is 2.35. The predicted molar refractivity (Wildman–Crippen MR) is 70.3 cm³/mol. The standard InChI is InChI=1S/C12H24N4O2/c1-5-14-11(18)15-10(17)9(2)16-7-6-13-8-12(16,3)4/h9,13H,5-8H2,1-4H3,(H2,14,15,17,18). The summed E-state index contributed by atoms with van der Waals surface area (Å²) in [4.78, 5) is 25.4. The highest BCUT2D eigenvalue weighted by atomic mass is 16.2. The number of rotatable bonds is 3. The van der Waals surface area contributed by atoms with Crippen LogP contribution in [0, 0.1) is 0 Å². The molecule has 1 unspecified atom stereocenters. The SMILES string of the molecule is CCNC(=O)NC(=O)C(C)N1CCNCC1(C)C. The van der Waals surface area contributed by atoms with Crippen molar-refractivity contribution in [2.24, 2.45) is 0 Å².